The molecular weight excluding hydrogens is 368 g/mol. The van der Waals surface area contributed by atoms with Crippen LogP contribution in [0.3, 0.4) is 0 Å². The van der Waals surface area contributed by atoms with Crippen LogP contribution in [0.25, 0.3) is 0 Å². The van der Waals surface area contributed by atoms with Crippen molar-refractivity contribution in [2.45, 2.75) is 39.7 Å². The molecule has 0 saturated heterocycles. The zero-order valence-corrected chi connectivity index (χ0v) is 16.5. The summed E-state index contributed by atoms with van der Waals surface area (Å²) in [6.45, 7) is 4.43. The van der Waals surface area contributed by atoms with Crippen LogP contribution in [0, 0.1) is 6.92 Å². The maximum Gasteiger partial charge on any atom is 0.268 e. The maximum atomic E-state index is 12.6. The third kappa shape index (κ3) is 3.81. The number of carbonyl (C=O) groups excluding carboxylic acids is 2. The summed E-state index contributed by atoms with van der Waals surface area (Å²) < 4.78 is 10.8. The molecule has 3 rings (SSSR count). The van der Waals surface area contributed by atoms with E-state index in [1.807, 2.05) is 13.8 Å². The smallest absolute Gasteiger partial charge is 0.268 e. The van der Waals surface area contributed by atoms with Crippen molar-refractivity contribution in [3.63, 3.8) is 0 Å². The molecule has 7 heteroatoms. The number of methoxy groups -OCH3 is 1. The molecule has 1 amide bonds. The molecule has 0 fully saturated rings. The lowest BCUT2D eigenvalue weighted by Gasteiger charge is -2.13. The van der Waals surface area contributed by atoms with E-state index >= 15 is 0 Å². The van der Waals surface area contributed by atoms with E-state index in [2.05, 4.69) is 10.3 Å². The van der Waals surface area contributed by atoms with Gasteiger partial charge in [0.1, 0.15) is 5.69 Å². The summed E-state index contributed by atoms with van der Waals surface area (Å²) in [6, 6.07) is 3.53. The van der Waals surface area contributed by atoms with Crippen molar-refractivity contribution in [1.82, 2.24) is 10.3 Å². The van der Waals surface area contributed by atoms with Crippen LogP contribution in [0.2, 0.25) is 5.02 Å². The van der Waals surface area contributed by atoms with Gasteiger partial charge < -0.3 is 19.8 Å². The van der Waals surface area contributed by atoms with Crippen LogP contribution in [0.15, 0.2) is 12.1 Å². The van der Waals surface area contributed by atoms with Gasteiger partial charge in [-0.25, -0.2) is 0 Å². The Morgan fingerprint density at radius 2 is 2.11 bits per heavy atom. The van der Waals surface area contributed by atoms with Crippen LogP contribution in [0.4, 0.5) is 0 Å². The van der Waals surface area contributed by atoms with Crippen LogP contribution in [-0.2, 0) is 13.0 Å². The van der Waals surface area contributed by atoms with Crippen LogP contribution in [0.1, 0.15) is 57.4 Å². The van der Waals surface area contributed by atoms with Gasteiger partial charge in [0, 0.05) is 24.2 Å². The van der Waals surface area contributed by atoms with Crippen molar-refractivity contribution in [3.8, 4) is 11.5 Å². The molecule has 6 nitrogen and oxygen atoms in total. The molecule has 1 aromatic carbocycles. The number of amides is 1. The molecule has 2 N–H and O–H groups in total. The number of Topliss-reactive ketones (excluding diaryl/α,β-unsaturated/α-hetero) is 1. The van der Waals surface area contributed by atoms with E-state index in [0.717, 1.165) is 29.7 Å². The maximum absolute atomic E-state index is 12.6. The average molecular weight is 391 g/mol. The van der Waals surface area contributed by atoms with Crippen LogP contribution in [0.5, 0.6) is 11.5 Å². The second kappa shape index (κ2) is 8.05. The zero-order chi connectivity index (χ0) is 19.6. The highest BCUT2D eigenvalue weighted by Gasteiger charge is 2.26. The number of ketones is 1. The zero-order valence-electron chi connectivity index (χ0n) is 15.7. The first-order chi connectivity index (χ1) is 13.0. The molecule has 1 aliphatic rings. The fraction of sp³-hybridized carbons (Fsp3) is 0.400. The number of ether oxygens (including phenoxy) is 2. The number of carbonyl (C=O) groups is 2. The Morgan fingerprint density at radius 1 is 1.33 bits per heavy atom. The molecule has 0 unspecified atom stereocenters. The largest absolute Gasteiger partial charge is 0.493 e. The first-order valence-electron chi connectivity index (χ1n) is 8.98. The number of halogens is 1. The monoisotopic (exact) mass is 390 g/mol. The lowest BCUT2D eigenvalue weighted by molar-refractivity contribution is 0.0944. The molecule has 0 radical (unpaired) electrons. The van der Waals surface area contributed by atoms with Crippen molar-refractivity contribution >= 4 is 23.3 Å². The van der Waals surface area contributed by atoms with Crippen molar-refractivity contribution in [2.24, 2.45) is 0 Å². The Labute approximate surface area is 163 Å². The minimum atomic E-state index is -0.251. The summed E-state index contributed by atoms with van der Waals surface area (Å²) >= 11 is 6.27. The average Bonchev–Trinajstić information content (AvgIpc) is 2.99. The number of benzene rings is 1. The van der Waals surface area contributed by atoms with Crippen molar-refractivity contribution < 1.29 is 19.1 Å². The topological polar surface area (TPSA) is 80.4 Å². The number of rotatable bonds is 6. The van der Waals surface area contributed by atoms with Gasteiger partial charge in [-0.05, 0) is 49.9 Å². The number of nitrogens with one attached hydrogen (secondary N) is 2. The Balaban J connectivity index is 1.77. The standard InChI is InChI=1S/C20H23ClN2O4/c1-4-27-19-13(21)8-12(9-16(19)26-3)10-22-20(25)18-11(2)17-14(23-18)6-5-7-15(17)24/h8-9,23H,4-7,10H2,1-3H3,(H,22,25). The van der Waals surface area contributed by atoms with Crippen molar-refractivity contribution in [2.75, 3.05) is 13.7 Å². The van der Waals surface area contributed by atoms with Gasteiger partial charge in [-0.1, -0.05) is 11.6 Å². The fourth-order valence-corrected chi connectivity index (χ4v) is 3.72. The molecule has 1 heterocycles. The second-order valence-electron chi connectivity index (χ2n) is 6.48. The predicted molar refractivity (Wildman–Crippen MR) is 103 cm³/mol. The number of aryl methyl sites for hydroxylation is 1. The van der Waals surface area contributed by atoms with E-state index in [1.54, 1.807) is 19.2 Å². The van der Waals surface area contributed by atoms with E-state index in [9.17, 15) is 9.59 Å². The van der Waals surface area contributed by atoms with Gasteiger partial charge in [-0.2, -0.15) is 0 Å². The van der Waals surface area contributed by atoms with Gasteiger partial charge in [0.2, 0.25) is 0 Å². The molecule has 2 aromatic rings. The second-order valence-corrected chi connectivity index (χ2v) is 6.89. The summed E-state index contributed by atoms with van der Waals surface area (Å²) in [4.78, 5) is 27.9. The summed E-state index contributed by atoms with van der Waals surface area (Å²) in [5.74, 6) is 0.861. The van der Waals surface area contributed by atoms with Crippen LogP contribution in [-0.4, -0.2) is 30.4 Å². The number of fused-ring (bicyclic) bond motifs is 1. The Kier molecular flexibility index (Phi) is 5.75. The summed E-state index contributed by atoms with van der Waals surface area (Å²) in [5.41, 5.74) is 3.49. The lowest BCUT2D eigenvalue weighted by atomic mass is 9.94. The number of aromatic amines is 1. The number of aromatic nitrogens is 1. The molecule has 1 aliphatic carbocycles. The lowest BCUT2D eigenvalue weighted by Crippen LogP contribution is -2.24. The Hall–Kier alpha value is -2.47. The highest BCUT2D eigenvalue weighted by Crippen LogP contribution is 2.36. The first kappa shape index (κ1) is 19.3. The predicted octanol–water partition coefficient (Wildman–Crippen LogP) is 3.83. The quantitative estimate of drug-likeness (QED) is 0.785. The SMILES string of the molecule is CCOc1c(Cl)cc(CNC(=O)c2[nH]c3c(c2C)C(=O)CCC3)cc1OC. The minimum absolute atomic E-state index is 0.104. The summed E-state index contributed by atoms with van der Waals surface area (Å²) in [5, 5.41) is 3.30. The van der Waals surface area contributed by atoms with E-state index in [4.69, 9.17) is 21.1 Å². The van der Waals surface area contributed by atoms with Crippen LogP contribution < -0.4 is 14.8 Å². The van der Waals surface area contributed by atoms with Gasteiger partial charge in [0.15, 0.2) is 17.3 Å². The van der Waals surface area contributed by atoms with Crippen LogP contribution >= 0.6 is 11.6 Å². The van der Waals surface area contributed by atoms with E-state index < -0.39 is 0 Å². The minimum Gasteiger partial charge on any atom is -0.493 e. The third-order valence-electron chi connectivity index (χ3n) is 4.70. The Bertz CT molecular complexity index is 889. The molecule has 0 aliphatic heterocycles. The third-order valence-corrected chi connectivity index (χ3v) is 4.98. The first-order valence-corrected chi connectivity index (χ1v) is 9.36. The van der Waals surface area contributed by atoms with Gasteiger partial charge in [0.25, 0.3) is 5.91 Å². The summed E-state index contributed by atoms with van der Waals surface area (Å²) in [7, 11) is 1.54. The van der Waals surface area contributed by atoms with Gasteiger partial charge >= 0.3 is 0 Å². The van der Waals surface area contributed by atoms with Crippen molar-refractivity contribution in [1.29, 1.82) is 0 Å². The summed E-state index contributed by atoms with van der Waals surface area (Å²) in [6.07, 6.45) is 2.15. The molecular formula is C20H23ClN2O4. The van der Waals surface area contributed by atoms with E-state index in [1.165, 1.54) is 0 Å². The molecule has 0 saturated carbocycles. The highest BCUT2D eigenvalue weighted by atomic mass is 35.5. The molecule has 0 atom stereocenters. The molecule has 0 bridgehead atoms. The Morgan fingerprint density at radius 3 is 2.78 bits per heavy atom. The molecule has 1 aromatic heterocycles. The highest BCUT2D eigenvalue weighted by molar-refractivity contribution is 6.32. The van der Waals surface area contributed by atoms with E-state index in [-0.39, 0.29) is 18.2 Å². The number of H-pyrrole nitrogens is 1. The van der Waals surface area contributed by atoms with Gasteiger partial charge in [0.05, 0.1) is 18.7 Å². The molecule has 144 valence electrons. The van der Waals surface area contributed by atoms with E-state index in [0.29, 0.717) is 40.8 Å². The molecule has 27 heavy (non-hydrogen) atoms. The number of hydrogen-bond donors (Lipinski definition) is 2. The molecule has 0 spiro atoms. The van der Waals surface area contributed by atoms with Gasteiger partial charge in [-0.3, -0.25) is 9.59 Å². The van der Waals surface area contributed by atoms with Crippen molar-refractivity contribution in [3.05, 3.63) is 45.2 Å². The number of hydrogen-bond acceptors (Lipinski definition) is 4. The van der Waals surface area contributed by atoms with Gasteiger partial charge in [-0.15, -0.1) is 0 Å². The normalized spacial score (nSPS) is 13.3. The fourth-order valence-electron chi connectivity index (χ4n) is 3.43.